The van der Waals surface area contributed by atoms with Crippen LogP contribution in [0.5, 0.6) is 5.75 Å². The highest BCUT2D eigenvalue weighted by atomic mass is 32.1. The minimum atomic E-state index is -0.0840. The molecule has 0 atom stereocenters. The molecule has 1 amide bonds. The maximum absolute atomic E-state index is 12.4. The van der Waals surface area contributed by atoms with Crippen LogP contribution in [0.4, 0.5) is 0 Å². The number of fused-ring (bicyclic) bond motifs is 1. The molecule has 0 fully saturated rings. The summed E-state index contributed by atoms with van der Waals surface area (Å²) in [6.45, 7) is 3.30. The summed E-state index contributed by atoms with van der Waals surface area (Å²) in [4.78, 5) is 16.6. The highest BCUT2D eigenvalue weighted by Gasteiger charge is 2.07. The number of thiazole rings is 1. The molecule has 0 saturated heterocycles. The van der Waals surface area contributed by atoms with Crippen molar-refractivity contribution in [2.75, 3.05) is 6.61 Å². The lowest BCUT2D eigenvalue weighted by Gasteiger charge is -2.09. The summed E-state index contributed by atoms with van der Waals surface area (Å²) in [5, 5.41) is 2.97. The number of rotatable bonds is 9. The van der Waals surface area contributed by atoms with E-state index in [1.54, 1.807) is 5.51 Å². The lowest BCUT2D eigenvalue weighted by molar-refractivity contribution is 0.0951. The van der Waals surface area contributed by atoms with E-state index in [1.807, 2.05) is 42.5 Å². The fraction of sp³-hybridized carbons (Fsp3) is 0.273. The van der Waals surface area contributed by atoms with Crippen LogP contribution < -0.4 is 10.1 Å². The predicted molar refractivity (Wildman–Crippen MR) is 111 cm³/mol. The molecule has 4 nitrogen and oxygen atoms in total. The number of carbonyl (C=O) groups is 1. The van der Waals surface area contributed by atoms with Gasteiger partial charge in [-0.1, -0.05) is 31.2 Å². The van der Waals surface area contributed by atoms with E-state index in [2.05, 4.69) is 29.4 Å². The van der Waals surface area contributed by atoms with E-state index in [1.165, 1.54) is 11.3 Å². The van der Waals surface area contributed by atoms with Crippen molar-refractivity contribution in [3.63, 3.8) is 0 Å². The van der Waals surface area contributed by atoms with Gasteiger partial charge in [-0.15, -0.1) is 11.3 Å². The van der Waals surface area contributed by atoms with Crippen LogP contribution >= 0.6 is 11.3 Å². The third-order valence-electron chi connectivity index (χ3n) is 4.13. The number of amides is 1. The third-order valence-corrected chi connectivity index (χ3v) is 4.92. The summed E-state index contributed by atoms with van der Waals surface area (Å²) in [5.74, 6) is 0.756. The molecule has 27 heavy (non-hydrogen) atoms. The largest absolute Gasteiger partial charge is 0.494 e. The lowest BCUT2D eigenvalue weighted by atomic mass is 10.2. The molecule has 0 unspecified atom stereocenters. The van der Waals surface area contributed by atoms with Crippen molar-refractivity contribution in [1.29, 1.82) is 0 Å². The molecule has 0 aliphatic heterocycles. The number of nitrogens with zero attached hydrogens (tertiary/aromatic N) is 1. The molecule has 5 heteroatoms. The summed E-state index contributed by atoms with van der Waals surface area (Å²) in [5.41, 5.74) is 4.38. The van der Waals surface area contributed by atoms with Crippen LogP contribution in [-0.4, -0.2) is 17.5 Å². The molecule has 140 valence electrons. The first-order chi connectivity index (χ1) is 13.3. The van der Waals surface area contributed by atoms with Crippen LogP contribution in [0.25, 0.3) is 10.2 Å². The maximum Gasteiger partial charge on any atom is 0.251 e. The lowest BCUT2D eigenvalue weighted by Crippen LogP contribution is -2.22. The quantitative estimate of drug-likeness (QED) is 0.402. The molecule has 2 aromatic carbocycles. The summed E-state index contributed by atoms with van der Waals surface area (Å²) in [7, 11) is 0. The zero-order valence-corrected chi connectivity index (χ0v) is 16.3. The fourth-order valence-electron chi connectivity index (χ4n) is 2.70. The van der Waals surface area contributed by atoms with Crippen LogP contribution in [-0.2, 0) is 6.54 Å². The van der Waals surface area contributed by atoms with Crippen molar-refractivity contribution in [1.82, 2.24) is 10.3 Å². The second kappa shape index (κ2) is 9.88. The molecule has 1 heterocycles. The van der Waals surface area contributed by atoms with E-state index in [9.17, 15) is 4.79 Å². The van der Waals surface area contributed by atoms with Gasteiger partial charge in [0, 0.05) is 12.1 Å². The molecular formula is C22H24N2O2S. The van der Waals surface area contributed by atoms with E-state index < -0.39 is 0 Å². The molecule has 0 aliphatic rings. The number of aromatic nitrogens is 1. The fourth-order valence-corrected chi connectivity index (χ4v) is 3.42. The Hall–Kier alpha value is -2.66. The van der Waals surface area contributed by atoms with Gasteiger partial charge in [-0.25, -0.2) is 4.98 Å². The second-order valence-electron chi connectivity index (χ2n) is 6.24. The van der Waals surface area contributed by atoms with E-state index in [0.717, 1.165) is 40.8 Å². The van der Waals surface area contributed by atoms with Crippen molar-refractivity contribution in [3.8, 4) is 5.75 Å². The Morgan fingerprint density at radius 3 is 3.04 bits per heavy atom. The van der Waals surface area contributed by atoms with Gasteiger partial charge in [0.2, 0.25) is 0 Å². The van der Waals surface area contributed by atoms with Crippen LogP contribution in [0.15, 0.2) is 60.1 Å². The number of ether oxygens (including phenoxy) is 1. The Morgan fingerprint density at radius 2 is 2.15 bits per heavy atom. The average Bonchev–Trinajstić information content (AvgIpc) is 3.17. The number of hydrogen-bond acceptors (Lipinski definition) is 4. The topological polar surface area (TPSA) is 51.2 Å². The van der Waals surface area contributed by atoms with Gasteiger partial charge in [-0.05, 0) is 55.2 Å². The highest BCUT2D eigenvalue weighted by Crippen LogP contribution is 2.19. The molecule has 0 radical (unpaired) electrons. The summed E-state index contributed by atoms with van der Waals surface area (Å²) in [6.07, 6.45) is 7.48. The Balaban J connectivity index is 1.50. The van der Waals surface area contributed by atoms with E-state index >= 15 is 0 Å². The summed E-state index contributed by atoms with van der Waals surface area (Å²) in [6, 6.07) is 13.4. The number of allylic oxidation sites excluding steroid dienone is 2. The van der Waals surface area contributed by atoms with Crippen LogP contribution in [0.3, 0.4) is 0 Å². The zero-order chi connectivity index (χ0) is 18.9. The smallest absolute Gasteiger partial charge is 0.251 e. The minimum absolute atomic E-state index is 0.0840. The van der Waals surface area contributed by atoms with Gasteiger partial charge >= 0.3 is 0 Å². The Kier molecular flexibility index (Phi) is 6.99. The second-order valence-corrected chi connectivity index (χ2v) is 7.12. The SMILES string of the molecule is CCC=CCCCOc1cccc(CNC(=O)c2ccc3ncsc3c2)c1. The molecule has 0 aliphatic carbocycles. The highest BCUT2D eigenvalue weighted by molar-refractivity contribution is 7.16. The van der Waals surface area contributed by atoms with Crippen molar-refractivity contribution in [2.45, 2.75) is 32.7 Å². The van der Waals surface area contributed by atoms with E-state index in [4.69, 9.17) is 4.74 Å². The zero-order valence-electron chi connectivity index (χ0n) is 15.5. The first-order valence-electron chi connectivity index (χ1n) is 9.24. The number of benzene rings is 2. The minimum Gasteiger partial charge on any atom is -0.494 e. The normalized spacial score (nSPS) is 11.1. The van der Waals surface area contributed by atoms with Gasteiger partial charge in [0.05, 0.1) is 22.3 Å². The number of unbranched alkanes of at least 4 members (excludes halogenated alkanes) is 1. The number of nitrogens with one attached hydrogen (secondary N) is 1. The van der Waals surface area contributed by atoms with Gasteiger partial charge in [-0.2, -0.15) is 0 Å². The number of carbonyl (C=O) groups excluding carboxylic acids is 1. The monoisotopic (exact) mass is 380 g/mol. The number of hydrogen-bond donors (Lipinski definition) is 1. The molecule has 3 rings (SSSR count). The van der Waals surface area contributed by atoms with Crippen LogP contribution in [0.1, 0.15) is 42.1 Å². The molecule has 1 aromatic heterocycles. The van der Waals surface area contributed by atoms with Crippen molar-refractivity contribution in [2.24, 2.45) is 0 Å². The molecule has 3 aromatic rings. The van der Waals surface area contributed by atoms with Gasteiger partial charge in [0.1, 0.15) is 5.75 Å². The molecule has 1 N–H and O–H groups in total. The average molecular weight is 381 g/mol. The van der Waals surface area contributed by atoms with Crippen molar-refractivity contribution in [3.05, 3.63) is 71.3 Å². The Bertz CT molecular complexity index is 917. The predicted octanol–water partition coefficient (Wildman–Crippen LogP) is 5.35. The van der Waals surface area contributed by atoms with Gasteiger partial charge in [0.15, 0.2) is 0 Å². The van der Waals surface area contributed by atoms with Crippen molar-refractivity contribution >= 4 is 27.5 Å². The van der Waals surface area contributed by atoms with Crippen LogP contribution in [0, 0.1) is 0 Å². The molecule has 0 spiro atoms. The van der Waals surface area contributed by atoms with Gasteiger partial charge < -0.3 is 10.1 Å². The standard InChI is InChI=1S/C22H24N2O2S/c1-2-3-4-5-6-12-26-19-9-7-8-17(13-19)15-23-22(25)18-10-11-20-21(14-18)27-16-24-20/h3-4,7-11,13-14,16H,2,5-6,12,15H2,1H3,(H,23,25). The first-order valence-corrected chi connectivity index (χ1v) is 10.1. The third kappa shape index (κ3) is 5.66. The maximum atomic E-state index is 12.4. The van der Waals surface area contributed by atoms with Gasteiger partial charge in [-0.3, -0.25) is 4.79 Å². The molecule has 0 saturated carbocycles. The Morgan fingerprint density at radius 1 is 1.22 bits per heavy atom. The van der Waals surface area contributed by atoms with Crippen LogP contribution in [0.2, 0.25) is 0 Å². The summed E-state index contributed by atoms with van der Waals surface area (Å²) < 4.78 is 6.83. The van der Waals surface area contributed by atoms with E-state index in [0.29, 0.717) is 18.7 Å². The molecule has 0 bridgehead atoms. The first kappa shape index (κ1) is 19.1. The van der Waals surface area contributed by atoms with E-state index in [-0.39, 0.29) is 5.91 Å². The van der Waals surface area contributed by atoms with Gasteiger partial charge in [0.25, 0.3) is 5.91 Å². The Labute approximate surface area is 163 Å². The van der Waals surface area contributed by atoms with Crippen molar-refractivity contribution < 1.29 is 9.53 Å². The summed E-state index contributed by atoms with van der Waals surface area (Å²) >= 11 is 1.54. The molecular weight excluding hydrogens is 356 g/mol.